The molecule has 2 saturated carbocycles. The van der Waals surface area contributed by atoms with Crippen molar-refractivity contribution in [3.05, 3.63) is 53.5 Å². The third kappa shape index (κ3) is 4.63. The van der Waals surface area contributed by atoms with Crippen LogP contribution in [0.2, 0.25) is 0 Å². The molecule has 154 valence electrons. The topological polar surface area (TPSA) is 63.0 Å². The number of hydrogen-bond acceptors (Lipinski definition) is 4. The van der Waals surface area contributed by atoms with Crippen LogP contribution in [0.25, 0.3) is 0 Å². The summed E-state index contributed by atoms with van der Waals surface area (Å²) in [7, 11) is 3.37. The van der Waals surface area contributed by atoms with Crippen molar-refractivity contribution in [3.63, 3.8) is 0 Å². The number of furan rings is 1. The van der Waals surface area contributed by atoms with Crippen LogP contribution in [-0.4, -0.2) is 48.4 Å². The molecule has 0 radical (unpaired) electrons. The van der Waals surface area contributed by atoms with Gasteiger partial charge in [0, 0.05) is 31.6 Å². The summed E-state index contributed by atoms with van der Waals surface area (Å²) in [6.45, 7) is 2.66. The van der Waals surface area contributed by atoms with Crippen molar-refractivity contribution in [1.82, 2.24) is 9.80 Å². The van der Waals surface area contributed by atoms with Crippen LogP contribution < -0.4 is 4.74 Å². The minimum absolute atomic E-state index is 0.0328. The molecular formula is C23H28N2O4. The number of carbonyl (C=O) groups is 2. The number of carbonyl (C=O) groups excluding carboxylic acids is 2. The van der Waals surface area contributed by atoms with Gasteiger partial charge >= 0.3 is 0 Å². The largest absolute Gasteiger partial charge is 0.484 e. The van der Waals surface area contributed by atoms with Crippen molar-refractivity contribution >= 4 is 11.8 Å². The Bertz CT molecular complexity index is 900. The minimum Gasteiger partial charge on any atom is -0.484 e. The van der Waals surface area contributed by atoms with E-state index in [2.05, 4.69) is 13.0 Å². The van der Waals surface area contributed by atoms with Crippen LogP contribution in [0.1, 0.15) is 54.0 Å². The van der Waals surface area contributed by atoms with Gasteiger partial charge in [-0.15, -0.1) is 0 Å². The van der Waals surface area contributed by atoms with Gasteiger partial charge in [-0.05, 0) is 55.5 Å². The van der Waals surface area contributed by atoms with Crippen LogP contribution in [0, 0.1) is 5.92 Å². The van der Waals surface area contributed by atoms with Crippen LogP contribution >= 0.6 is 0 Å². The van der Waals surface area contributed by atoms with E-state index in [0.717, 1.165) is 24.4 Å². The van der Waals surface area contributed by atoms with Gasteiger partial charge in [-0.1, -0.05) is 13.0 Å². The second-order valence-corrected chi connectivity index (χ2v) is 8.39. The number of benzene rings is 1. The first-order chi connectivity index (χ1) is 13.9. The van der Waals surface area contributed by atoms with Crippen molar-refractivity contribution in [2.45, 2.75) is 44.7 Å². The maximum atomic E-state index is 13.2. The van der Waals surface area contributed by atoms with Gasteiger partial charge in [0.05, 0.1) is 6.54 Å². The summed E-state index contributed by atoms with van der Waals surface area (Å²) < 4.78 is 11.6. The quantitative estimate of drug-likeness (QED) is 0.683. The molecule has 2 fully saturated rings. The molecule has 2 aliphatic carbocycles. The molecule has 0 bridgehead atoms. The summed E-state index contributed by atoms with van der Waals surface area (Å²) in [5, 5.41) is 0. The molecule has 0 saturated heterocycles. The van der Waals surface area contributed by atoms with E-state index >= 15 is 0 Å². The molecule has 2 aromatic rings. The molecule has 1 aromatic heterocycles. The zero-order valence-corrected chi connectivity index (χ0v) is 17.3. The minimum atomic E-state index is -0.125. The second-order valence-electron chi connectivity index (χ2n) is 8.39. The molecule has 1 heterocycles. The van der Waals surface area contributed by atoms with Gasteiger partial charge in [0.2, 0.25) is 0 Å². The highest BCUT2D eigenvalue weighted by molar-refractivity contribution is 5.95. The number of rotatable bonds is 8. The lowest BCUT2D eigenvalue weighted by Gasteiger charge is -2.21. The van der Waals surface area contributed by atoms with E-state index in [1.807, 2.05) is 11.0 Å². The average molecular weight is 396 g/mol. The van der Waals surface area contributed by atoms with Crippen molar-refractivity contribution in [2.75, 3.05) is 20.7 Å². The van der Waals surface area contributed by atoms with Gasteiger partial charge in [-0.25, -0.2) is 0 Å². The first-order valence-electron chi connectivity index (χ1n) is 10.2. The van der Waals surface area contributed by atoms with Crippen molar-refractivity contribution in [3.8, 4) is 5.75 Å². The first-order valence-corrected chi connectivity index (χ1v) is 10.2. The van der Waals surface area contributed by atoms with Gasteiger partial charge < -0.3 is 19.0 Å². The first kappa shape index (κ1) is 19.6. The van der Waals surface area contributed by atoms with Crippen LogP contribution in [0.15, 0.2) is 40.8 Å². The Kier molecular flexibility index (Phi) is 5.35. The molecule has 1 aromatic carbocycles. The summed E-state index contributed by atoms with van der Waals surface area (Å²) in [6, 6.07) is 11.3. The molecule has 0 unspecified atom stereocenters. The Hall–Kier alpha value is -2.76. The Balaban J connectivity index is 1.44. The third-order valence-electron chi connectivity index (χ3n) is 5.67. The third-order valence-corrected chi connectivity index (χ3v) is 5.67. The number of hydrogen-bond donors (Lipinski definition) is 0. The fourth-order valence-electron chi connectivity index (χ4n) is 3.48. The van der Waals surface area contributed by atoms with Crippen molar-refractivity contribution in [1.29, 1.82) is 0 Å². The molecule has 6 nitrogen and oxygen atoms in total. The molecule has 0 N–H and O–H groups in total. The normalized spacial score (nSPS) is 20.2. The molecule has 0 spiro atoms. The van der Waals surface area contributed by atoms with Crippen molar-refractivity contribution in [2.24, 2.45) is 5.92 Å². The van der Waals surface area contributed by atoms with Crippen LogP contribution in [-0.2, 0) is 11.3 Å². The zero-order valence-electron chi connectivity index (χ0n) is 17.3. The zero-order chi connectivity index (χ0) is 20.5. The van der Waals surface area contributed by atoms with E-state index < -0.39 is 0 Å². The van der Waals surface area contributed by atoms with E-state index in [1.165, 1.54) is 11.3 Å². The summed E-state index contributed by atoms with van der Waals surface area (Å²) in [4.78, 5) is 28.3. The molecule has 2 amide bonds. The number of amides is 2. The standard InChI is InChI=1S/C23H28N2O4/c1-15-11-20(15)21-10-9-19(29-21)13-25(17-7-8-17)23(27)16-5-4-6-18(12-16)28-14-22(26)24(2)3/h4-6,9-10,12,15,17,20H,7-8,11,13-14H2,1-3H3/t15-,20-/m0/s1. The van der Waals surface area contributed by atoms with Gasteiger partial charge in [0.15, 0.2) is 6.61 Å². The molecule has 0 aliphatic heterocycles. The smallest absolute Gasteiger partial charge is 0.259 e. The Morgan fingerprint density at radius 3 is 2.59 bits per heavy atom. The summed E-state index contributed by atoms with van der Waals surface area (Å²) in [5.41, 5.74) is 0.564. The molecule has 2 atom stereocenters. The summed E-state index contributed by atoms with van der Waals surface area (Å²) in [5.74, 6) is 3.46. The predicted molar refractivity (Wildman–Crippen MR) is 109 cm³/mol. The predicted octanol–water partition coefficient (Wildman–Crippen LogP) is 3.67. The van der Waals surface area contributed by atoms with E-state index in [1.54, 1.807) is 38.4 Å². The molecular weight excluding hydrogens is 368 g/mol. The summed E-state index contributed by atoms with van der Waals surface area (Å²) >= 11 is 0. The van der Waals surface area contributed by atoms with Crippen molar-refractivity contribution < 1.29 is 18.7 Å². The van der Waals surface area contributed by atoms with Gasteiger partial charge in [0.25, 0.3) is 11.8 Å². The lowest BCUT2D eigenvalue weighted by Crippen LogP contribution is -2.32. The molecule has 29 heavy (non-hydrogen) atoms. The molecule has 6 heteroatoms. The van der Waals surface area contributed by atoms with Crippen LogP contribution in [0.4, 0.5) is 0 Å². The summed E-state index contributed by atoms with van der Waals surface area (Å²) in [6.07, 6.45) is 3.22. The highest BCUT2D eigenvalue weighted by Crippen LogP contribution is 2.47. The highest BCUT2D eigenvalue weighted by atomic mass is 16.5. The lowest BCUT2D eigenvalue weighted by molar-refractivity contribution is -0.130. The molecule has 2 aliphatic rings. The fraction of sp³-hybridized carbons (Fsp3) is 0.478. The van der Waals surface area contributed by atoms with E-state index in [-0.39, 0.29) is 24.5 Å². The maximum absolute atomic E-state index is 13.2. The average Bonchev–Trinajstić information content (AvgIpc) is 3.63. The van der Waals surface area contributed by atoms with E-state index in [9.17, 15) is 9.59 Å². The SMILES string of the molecule is C[C@H]1C[C@@H]1c1ccc(CN(C(=O)c2cccc(OCC(=O)N(C)C)c2)C2CC2)o1. The van der Waals surface area contributed by atoms with Gasteiger partial charge in [0.1, 0.15) is 17.3 Å². The van der Waals surface area contributed by atoms with Crippen LogP contribution in [0.5, 0.6) is 5.75 Å². The monoisotopic (exact) mass is 396 g/mol. The second kappa shape index (κ2) is 7.93. The van der Waals surface area contributed by atoms with Gasteiger partial charge in [-0.2, -0.15) is 0 Å². The van der Waals surface area contributed by atoms with E-state index in [4.69, 9.17) is 9.15 Å². The molecule has 4 rings (SSSR count). The fourth-order valence-corrected chi connectivity index (χ4v) is 3.48. The lowest BCUT2D eigenvalue weighted by atomic mass is 10.1. The highest BCUT2D eigenvalue weighted by Gasteiger charge is 2.37. The Morgan fingerprint density at radius 2 is 1.93 bits per heavy atom. The maximum Gasteiger partial charge on any atom is 0.259 e. The number of likely N-dealkylation sites (N-methyl/N-ethyl adjacent to an activating group) is 1. The Morgan fingerprint density at radius 1 is 1.17 bits per heavy atom. The van der Waals surface area contributed by atoms with Gasteiger partial charge in [-0.3, -0.25) is 9.59 Å². The number of ether oxygens (including phenoxy) is 1. The van der Waals surface area contributed by atoms with Crippen LogP contribution in [0.3, 0.4) is 0 Å². The van der Waals surface area contributed by atoms with E-state index in [0.29, 0.717) is 29.7 Å². The number of nitrogens with zero attached hydrogens (tertiary/aromatic N) is 2. The Labute approximate surface area is 171 Å².